The van der Waals surface area contributed by atoms with E-state index in [1.165, 1.54) is 13.2 Å². The van der Waals surface area contributed by atoms with Gasteiger partial charge in [0.05, 0.1) is 7.11 Å². The number of nitrogens with one attached hydrogen (secondary N) is 2. The van der Waals surface area contributed by atoms with E-state index >= 15 is 0 Å². The van der Waals surface area contributed by atoms with Crippen molar-refractivity contribution in [2.24, 2.45) is 0 Å². The fourth-order valence-electron chi connectivity index (χ4n) is 1.70. The van der Waals surface area contributed by atoms with Gasteiger partial charge in [0.1, 0.15) is 6.54 Å². The lowest BCUT2D eigenvalue weighted by Gasteiger charge is -2.03. The lowest BCUT2D eigenvalue weighted by atomic mass is 10.1. The van der Waals surface area contributed by atoms with Gasteiger partial charge in [-0.1, -0.05) is 12.1 Å². The third kappa shape index (κ3) is 5.05. The first-order chi connectivity index (χ1) is 10.6. The summed E-state index contributed by atoms with van der Waals surface area (Å²) in [5.74, 6) is -0.970. The Morgan fingerprint density at radius 2 is 1.91 bits per heavy atom. The minimum atomic E-state index is -0.507. The van der Waals surface area contributed by atoms with E-state index in [4.69, 9.17) is 0 Å². The molecule has 1 saturated carbocycles. The van der Waals surface area contributed by atoms with Crippen LogP contribution in [-0.4, -0.2) is 37.5 Å². The summed E-state index contributed by atoms with van der Waals surface area (Å²) >= 11 is 0. The van der Waals surface area contributed by atoms with Gasteiger partial charge < -0.3 is 15.4 Å². The Hall–Kier alpha value is -2.63. The Labute approximate surface area is 128 Å². The van der Waals surface area contributed by atoms with Crippen molar-refractivity contribution in [3.63, 3.8) is 0 Å². The smallest absolute Gasteiger partial charge is 0.325 e. The molecule has 6 nitrogen and oxygen atoms in total. The zero-order valence-corrected chi connectivity index (χ0v) is 12.3. The minimum absolute atomic E-state index is 0.0751. The van der Waals surface area contributed by atoms with Gasteiger partial charge in [-0.2, -0.15) is 0 Å². The number of benzene rings is 1. The number of hydrogen-bond acceptors (Lipinski definition) is 4. The first-order valence-corrected chi connectivity index (χ1v) is 7.02. The van der Waals surface area contributed by atoms with Crippen LogP contribution in [0.5, 0.6) is 0 Å². The summed E-state index contributed by atoms with van der Waals surface area (Å²) in [5.41, 5.74) is 1.38. The largest absolute Gasteiger partial charge is 0.468 e. The van der Waals surface area contributed by atoms with Crippen LogP contribution in [0.4, 0.5) is 0 Å². The van der Waals surface area contributed by atoms with Gasteiger partial charge >= 0.3 is 5.97 Å². The van der Waals surface area contributed by atoms with Crippen LogP contribution in [0, 0.1) is 0 Å². The number of ether oxygens (including phenoxy) is 1. The van der Waals surface area contributed by atoms with Crippen molar-refractivity contribution < 1.29 is 19.1 Å². The number of methoxy groups -OCH3 is 1. The maximum absolute atomic E-state index is 11.8. The number of esters is 1. The van der Waals surface area contributed by atoms with Crippen LogP contribution in [0.2, 0.25) is 0 Å². The molecule has 0 aliphatic heterocycles. The minimum Gasteiger partial charge on any atom is -0.468 e. The highest BCUT2D eigenvalue weighted by Gasteiger charge is 2.23. The second-order valence-corrected chi connectivity index (χ2v) is 5.00. The predicted octanol–water partition coefficient (Wildman–Crippen LogP) is 0.881. The van der Waals surface area contributed by atoms with Crippen molar-refractivity contribution in [2.45, 2.75) is 18.9 Å². The van der Waals surface area contributed by atoms with Gasteiger partial charge in [0.2, 0.25) is 5.91 Å². The van der Waals surface area contributed by atoms with Crippen LogP contribution in [0.3, 0.4) is 0 Å². The van der Waals surface area contributed by atoms with Crippen molar-refractivity contribution in [3.05, 3.63) is 41.5 Å². The molecule has 1 fully saturated rings. The van der Waals surface area contributed by atoms with Crippen LogP contribution in [0.1, 0.15) is 28.8 Å². The highest BCUT2D eigenvalue weighted by Crippen LogP contribution is 2.19. The molecule has 2 amide bonds. The maximum Gasteiger partial charge on any atom is 0.325 e. The van der Waals surface area contributed by atoms with Crippen LogP contribution < -0.4 is 10.6 Å². The van der Waals surface area contributed by atoms with E-state index < -0.39 is 5.97 Å². The average molecular weight is 302 g/mol. The molecule has 1 aliphatic rings. The van der Waals surface area contributed by atoms with Gasteiger partial charge in [-0.05, 0) is 36.6 Å². The number of hydrogen-bond donors (Lipinski definition) is 2. The van der Waals surface area contributed by atoms with Gasteiger partial charge in [-0.15, -0.1) is 0 Å². The van der Waals surface area contributed by atoms with Crippen LogP contribution in [-0.2, 0) is 14.3 Å². The number of amides is 2. The molecule has 2 rings (SSSR count). The van der Waals surface area contributed by atoms with Crippen molar-refractivity contribution >= 4 is 23.9 Å². The lowest BCUT2D eigenvalue weighted by molar-refractivity contribution is -0.140. The molecule has 116 valence electrons. The fraction of sp³-hybridized carbons (Fsp3) is 0.312. The van der Waals surface area contributed by atoms with Crippen molar-refractivity contribution in [1.82, 2.24) is 10.6 Å². The Balaban J connectivity index is 1.84. The molecule has 2 N–H and O–H groups in total. The first kappa shape index (κ1) is 15.8. The molecule has 0 unspecified atom stereocenters. The summed E-state index contributed by atoms with van der Waals surface area (Å²) in [6.07, 6.45) is 5.03. The molecule has 0 bridgehead atoms. The van der Waals surface area contributed by atoms with Crippen LogP contribution >= 0.6 is 0 Å². The van der Waals surface area contributed by atoms with E-state index in [0.717, 1.165) is 18.4 Å². The van der Waals surface area contributed by atoms with E-state index in [0.29, 0.717) is 11.6 Å². The predicted molar refractivity (Wildman–Crippen MR) is 81.0 cm³/mol. The summed E-state index contributed by atoms with van der Waals surface area (Å²) in [4.78, 5) is 34.2. The van der Waals surface area contributed by atoms with Crippen LogP contribution in [0.25, 0.3) is 6.08 Å². The second-order valence-electron chi connectivity index (χ2n) is 5.00. The Morgan fingerprint density at radius 3 is 2.50 bits per heavy atom. The molecule has 0 aromatic heterocycles. The molecule has 0 spiro atoms. The monoisotopic (exact) mass is 302 g/mol. The molecule has 0 saturated heterocycles. The third-order valence-electron chi connectivity index (χ3n) is 3.15. The van der Waals surface area contributed by atoms with E-state index in [-0.39, 0.29) is 18.4 Å². The third-order valence-corrected chi connectivity index (χ3v) is 3.15. The molecular formula is C16H18N2O4. The summed E-state index contributed by atoms with van der Waals surface area (Å²) in [5, 5.41) is 5.31. The zero-order valence-electron chi connectivity index (χ0n) is 12.3. The SMILES string of the molecule is COC(=O)CNC(=O)/C=C/c1ccc(C(=O)NC2CC2)cc1. The van der Waals surface area contributed by atoms with Crippen LogP contribution in [0.15, 0.2) is 30.3 Å². The lowest BCUT2D eigenvalue weighted by Crippen LogP contribution is -2.28. The summed E-state index contributed by atoms with van der Waals surface area (Å²) in [6, 6.07) is 7.26. The summed E-state index contributed by atoms with van der Waals surface area (Å²) < 4.78 is 4.42. The van der Waals surface area contributed by atoms with E-state index in [2.05, 4.69) is 15.4 Å². The van der Waals surface area contributed by atoms with E-state index in [9.17, 15) is 14.4 Å². The zero-order chi connectivity index (χ0) is 15.9. The van der Waals surface area contributed by atoms with Gasteiger partial charge in [0.15, 0.2) is 0 Å². The molecule has 1 aromatic carbocycles. The standard InChI is InChI=1S/C16H18N2O4/c1-22-15(20)10-17-14(19)9-4-11-2-5-12(6-3-11)16(21)18-13-7-8-13/h2-6,9,13H,7-8,10H2,1H3,(H,17,19)(H,18,21)/b9-4+. The van der Waals surface area contributed by atoms with Crippen molar-refractivity contribution in [1.29, 1.82) is 0 Å². The van der Waals surface area contributed by atoms with Crippen molar-refractivity contribution in [2.75, 3.05) is 13.7 Å². The Bertz CT molecular complexity index is 589. The van der Waals surface area contributed by atoms with Gasteiger partial charge in [-0.3, -0.25) is 14.4 Å². The van der Waals surface area contributed by atoms with E-state index in [1.807, 2.05) is 0 Å². The molecule has 0 radical (unpaired) electrons. The maximum atomic E-state index is 11.8. The summed E-state index contributed by atoms with van der Waals surface area (Å²) in [7, 11) is 1.26. The average Bonchev–Trinajstić information content (AvgIpc) is 3.34. The number of rotatable bonds is 6. The van der Waals surface area contributed by atoms with E-state index in [1.54, 1.807) is 30.3 Å². The molecule has 0 heterocycles. The molecular weight excluding hydrogens is 284 g/mol. The number of carbonyl (C=O) groups is 3. The Kier molecular flexibility index (Phi) is 5.30. The second kappa shape index (κ2) is 7.40. The molecule has 1 aromatic rings. The number of carbonyl (C=O) groups excluding carboxylic acids is 3. The topological polar surface area (TPSA) is 84.5 Å². The molecule has 22 heavy (non-hydrogen) atoms. The fourth-order valence-corrected chi connectivity index (χ4v) is 1.70. The van der Waals surface area contributed by atoms with Crippen molar-refractivity contribution in [3.8, 4) is 0 Å². The highest BCUT2D eigenvalue weighted by atomic mass is 16.5. The van der Waals surface area contributed by atoms with Gasteiger partial charge in [0.25, 0.3) is 5.91 Å². The summed E-state index contributed by atoms with van der Waals surface area (Å²) in [6.45, 7) is -0.167. The van der Waals surface area contributed by atoms with Gasteiger partial charge in [-0.25, -0.2) is 0 Å². The normalized spacial score (nSPS) is 13.7. The molecule has 6 heteroatoms. The Morgan fingerprint density at radius 1 is 1.23 bits per heavy atom. The quantitative estimate of drug-likeness (QED) is 0.603. The molecule has 1 aliphatic carbocycles. The highest BCUT2D eigenvalue weighted by molar-refractivity contribution is 5.95. The van der Waals surface area contributed by atoms with Gasteiger partial charge in [0, 0.05) is 17.7 Å². The first-order valence-electron chi connectivity index (χ1n) is 7.02. The molecule has 0 atom stereocenters.